The van der Waals surface area contributed by atoms with Gasteiger partial charge in [-0.3, -0.25) is 18.9 Å². The van der Waals surface area contributed by atoms with Gasteiger partial charge in [0.1, 0.15) is 15.8 Å². The molecule has 0 atom stereocenters. The van der Waals surface area contributed by atoms with Crippen LogP contribution < -0.4 is 10.9 Å². The van der Waals surface area contributed by atoms with Gasteiger partial charge >= 0.3 is 0 Å². The van der Waals surface area contributed by atoms with Crippen molar-refractivity contribution in [1.29, 1.82) is 0 Å². The molecule has 2 aromatic heterocycles. The van der Waals surface area contributed by atoms with Gasteiger partial charge in [-0.15, -0.1) is 0 Å². The maximum Gasteiger partial charge on any atom is 0.267 e. The average Bonchev–Trinajstić information content (AvgIpc) is 3.14. The smallest absolute Gasteiger partial charge is 0.267 e. The number of benzene rings is 1. The minimum absolute atomic E-state index is 0.190. The van der Waals surface area contributed by atoms with E-state index in [2.05, 4.69) is 12.2 Å². The van der Waals surface area contributed by atoms with Crippen molar-refractivity contribution < 1.29 is 4.79 Å². The van der Waals surface area contributed by atoms with Crippen LogP contribution in [0.2, 0.25) is 0 Å². The van der Waals surface area contributed by atoms with Crippen molar-refractivity contribution in [2.24, 2.45) is 0 Å². The quantitative estimate of drug-likeness (QED) is 0.185. The lowest BCUT2D eigenvalue weighted by atomic mass is 10.1. The van der Waals surface area contributed by atoms with E-state index in [0.717, 1.165) is 30.5 Å². The molecule has 1 N–H and O–H groups in total. The molecule has 4 rings (SSSR count). The van der Waals surface area contributed by atoms with Gasteiger partial charge in [-0.05, 0) is 37.1 Å². The fourth-order valence-corrected chi connectivity index (χ4v) is 5.36. The summed E-state index contributed by atoms with van der Waals surface area (Å²) in [5.74, 6) is 0.313. The Kier molecular flexibility index (Phi) is 8.93. The van der Waals surface area contributed by atoms with Gasteiger partial charge in [0.15, 0.2) is 0 Å². The number of carbonyl (C=O) groups excluding carboxylic acids is 1. The number of thiocarbonyl (C=S) groups is 1. The molecule has 188 valence electrons. The zero-order valence-corrected chi connectivity index (χ0v) is 22.5. The number of pyridine rings is 1. The number of thioether (sulfide) groups is 1. The third-order valence-electron chi connectivity index (χ3n) is 6.20. The van der Waals surface area contributed by atoms with Crippen molar-refractivity contribution >= 4 is 51.7 Å². The normalized spacial score (nSPS) is 14.8. The summed E-state index contributed by atoms with van der Waals surface area (Å²) in [4.78, 5) is 33.4. The SMILES string of the molecule is CCCCCCCCNc1nc2ccccn2c(=O)c1/C=C1\SC(=S)N(Cc2ccc(C)cc2)C1=O. The summed E-state index contributed by atoms with van der Waals surface area (Å²) < 4.78 is 2.00. The number of unbranched alkanes of at least 4 members (excludes halogenated alkanes) is 5. The lowest BCUT2D eigenvalue weighted by Crippen LogP contribution is -2.27. The van der Waals surface area contributed by atoms with Crippen molar-refractivity contribution in [2.45, 2.75) is 58.9 Å². The average molecular weight is 521 g/mol. The monoisotopic (exact) mass is 520 g/mol. The van der Waals surface area contributed by atoms with Crippen LogP contribution in [0.4, 0.5) is 5.82 Å². The number of aryl methyl sites for hydroxylation is 1. The number of hydrogen-bond acceptors (Lipinski definition) is 6. The van der Waals surface area contributed by atoms with E-state index in [1.165, 1.54) is 41.8 Å². The highest BCUT2D eigenvalue weighted by atomic mass is 32.2. The van der Waals surface area contributed by atoms with Gasteiger partial charge < -0.3 is 5.32 Å². The number of rotatable bonds is 11. The number of aromatic nitrogens is 2. The van der Waals surface area contributed by atoms with Crippen LogP contribution in [0, 0.1) is 6.92 Å². The zero-order valence-electron chi connectivity index (χ0n) is 20.8. The molecule has 0 aliphatic carbocycles. The summed E-state index contributed by atoms with van der Waals surface area (Å²) >= 11 is 6.75. The summed E-state index contributed by atoms with van der Waals surface area (Å²) in [5.41, 5.74) is 2.90. The van der Waals surface area contributed by atoms with Crippen molar-refractivity contribution in [3.63, 3.8) is 0 Å². The van der Waals surface area contributed by atoms with Crippen molar-refractivity contribution in [3.05, 3.63) is 80.6 Å². The minimum atomic E-state index is -0.213. The molecule has 1 aliphatic heterocycles. The first-order chi connectivity index (χ1) is 17.5. The summed E-state index contributed by atoms with van der Waals surface area (Å²) in [6.45, 7) is 5.36. The van der Waals surface area contributed by atoms with Crippen LogP contribution in [0.5, 0.6) is 0 Å². The van der Waals surface area contributed by atoms with Crippen molar-refractivity contribution in [1.82, 2.24) is 14.3 Å². The fraction of sp³-hybridized carbons (Fsp3) is 0.357. The predicted octanol–water partition coefficient (Wildman–Crippen LogP) is 6.18. The first-order valence-corrected chi connectivity index (χ1v) is 13.8. The van der Waals surface area contributed by atoms with Gasteiger partial charge in [0, 0.05) is 12.7 Å². The summed E-state index contributed by atoms with van der Waals surface area (Å²) in [5, 5.41) is 3.36. The lowest BCUT2D eigenvalue weighted by Gasteiger charge is -2.14. The van der Waals surface area contributed by atoms with Crippen molar-refractivity contribution in [3.8, 4) is 0 Å². The van der Waals surface area contributed by atoms with Crippen molar-refractivity contribution in [2.75, 3.05) is 11.9 Å². The second kappa shape index (κ2) is 12.3. The highest BCUT2D eigenvalue weighted by Gasteiger charge is 2.32. The highest BCUT2D eigenvalue weighted by molar-refractivity contribution is 8.26. The van der Waals surface area contributed by atoms with Gasteiger partial charge in [0.25, 0.3) is 11.5 Å². The molecule has 6 nitrogen and oxygen atoms in total. The molecule has 8 heteroatoms. The van der Waals surface area contributed by atoms with Crippen LogP contribution in [-0.2, 0) is 11.3 Å². The molecular formula is C28H32N4O2S2. The molecule has 1 fully saturated rings. The number of anilines is 1. The third-order valence-corrected chi connectivity index (χ3v) is 7.58. The van der Waals surface area contributed by atoms with Gasteiger partial charge in [0.05, 0.1) is 17.0 Å². The molecule has 3 heterocycles. The van der Waals surface area contributed by atoms with Crippen LogP contribution >= 0.6 is 24.0 Å². The molecule has 1 saturated heterocycles. The molecule has 0 radical (unpaired) electrons. The van der Waals surface area contributed by atoms with Gasteiger partial charge in [-0.1, -0.05) is 98.9 Å². The van der Waals surface area contributed by atoms with E-state index in [0.29, 0.717) is 32.8 Å². The third kappa shape index (κ3) is 6.23. The first kappa shape index (κ1) is 26.1. The van der Waals surface area contributed by atoms with E-state index in [1.54, 1.807) is 23.2 Å². The van der Waals surface area contributed by atoms with E-state index in [9.17, 15) is 9.59 Å². The Morgan fingerprint density at radius 3 is 2.56 bits per heavy atom. The molecule has 0 saturated carbocycles. The van der Waals surface area contributed by atoms with Gasteiger partial charge in [-0.25, -0.2) is 4.98 Å². The highest BCUT2D eigenvalue weighted by Crippen LogP contribution is 2.34. The van der Waals surface area contributed by atoms with E-state index < -0.39 is 0 Å². The minimum Gasteiger partial charge on any atom is -0.369 e. The Morgan fingerprint density at radius 1 is 1.03 bits per heavy atom. The Labute approximate surface area is 221 Å². The molecule has 0 unspecified atom stereocenters. The number of fused-ring (bicyclic) bond motifs is 1. The van der Waals surface area contributed by atoms with E-state index >= 15 is 0 Å². The van der Waals surface area contributed by atoms with E-state index in [-0.39, 0.29) is 11.5 Å². The Bertz CT molecular complexity index is 1330. The summed E-state index contributed by atoms with van der Waals surface area (Å²) in [6.07, 6.45) is 10.4. The van der Waals surface area contributed by atoms with Crippen LogP contribution in [0.25, 0.3) is 11.7 Å². The molecule has 3 aromatic rings. The predicted molar refractivity (Wildman–Crippen MR) is 153 cm³/mol. The molecule has 0 bridgehead atoms. The number of nitrogens with zero attached hydrogens (tertiary/aromatic N) is 3. The Morgan fingerprint density at radius 2 is 1.78 bits per heavy atom. The first-order valence-electron chi connectivity index (χ1n) is 12.5. The fourth-order valence-electron chi connectivity index (χ4n) is 4.12. The summed E-state index contributed by atoms with van der Waals surface area (Å²) in [6, 6.07) is 13.5. The van der Waals surface area contributed by atoms with Crippen LogP contribution in [0.3, 0.4) is 0 Å². The molecule has 1 aliphatic rings. The van der Waals surface area contributed by atoms with Crippen LogP contribution in [0.1, 0.15) is 62.1 Å². The van der Waals surface area contributed by atoms with Crippen LogP contribution in [0.15, 0.2) is 58.4 Å². The standard InChI is InChI=1S/C28H32N4O2S2/c1-3-4-5-6-7-9-16-29-25-22(26(33)31-17-10-8-11-24(31)30-25)18-23-27(34)32(28(35)36-23)19-21-14-12-20(2)13-15-21/h8,10-15,17-18,29H,3-7,9,16,19H2,1-2H3/b23-18-. The maximum absolute atomic E-state index is 13.4. The number of carbonyl (C=O) groups is 1. The number of amides is 1. The summed E-state index contributed by atoms with van der Waals surface area (Å²) in [7, 11) is 0. The van der Waals surface area contributed by atoms with E-state index in [1.807, 2.05) is 43.3 Å². The Hall–Kier alpha value is -2.97. The van der Waals surface area contributed by atoms with Gasteiger partial charge in [-0.2, -0.15) is 0 Å². The molecule has 0 spiro atoms. The molecule has 1 amide bonds. The maximum atomic E-state index is 13.4. The molecular weight excluding hydrogens is 488 g/mol. The second-order valence-corrected chi connectivity index (χ2v) is 10.7. The molecule has 36 heavy (non-hydrogen) atoms. The van der Waals surface area contributed by atoms with E-state index in [4.69, 9.17) is 17.2 Å². The topological polar surface area (TPSA) is 66.7 Å². The number of hydrogen-bond donors (Lipinski definition) is 1. The largest absolute Gasteiger partial charge is 0.369 e. The second-order valence-electron chi connectivity index (χ2n) is 9.06. The molecule has 1 aromatic carbocycles. The van der Waals surface area contributed by atoms with Crippen LogP contribution in [-0.4, -0.2) is 31.1 Å². The zero-order chi connectivity index (χ0) is 25.5. The Balaban J connectivity index is 1.57. The van der Waals surface area contributed by atoms with Gasteiger partial charge in [0.2, 0.25) is 0 Å². The number of nitrogens with one attached hydrogen (secondary N) is 1. The lowest BCUT2D eigenvalue weighted by molar-refractivity contribution is -0.122.